The molecular weight excluding hydrogens is 1570 g/mol. The van der Waals surface area contributed by atoms with Gasteiger partial charge < -0.3 is 29.1 Å². The van der Waals surface area contributed by atoms with Gasteiger partial charge in [-0.2, -0.15) is 0 Å². The van der Waals surface area contributed by atoms with Gasteiger partial charge in [-0.1, -0.05) is 289 Å². The topological polar surface area (TPSA) is 106 Å². The summed E-state index contributed by atoms with van der Waals surface area (Å²) in [6.45, 7) is 26.8. The summed E-state index contributed by atoms with van der Waals surface area (Å²) in [5, 5.41) is 0. The average Bonchev–Trinajstić information content (AvgIpc) is 1.57. The Bertz CT molecular complexity index is 6360. The van der Waals surface area contributed by atoms with E-state index in [1.165, 1.54) is 32.1 Å². The van der Waals surface area contributed by atoms with E-state index in [4.69, 9.17) is 9.47 Å². The maximum atomic E-state index is 14.8. The summed E-state index contributed by atoms with van der Waals surface area (Å²) < 4.78 is 12.5. The minimum absolute atomic E-state index is 0.0213. The summed E-state index contributed by atoms with van der Waals surface area (Å²) in [7, 11) is 0. The van der Waals surface area contributed by atoms with Crippen molar-refractivity contribution >= 4 is 103 Å². The van der Waals surface area contributed by atoms with Crippen LogP contribution >= 0.6 is 0 Å². The highest BCUT2D eigenvalue weighted by Crippen LogP contribution is 2.54. The first-order valence-corrected chi connectivity index (χ1v) is 43.7. The van der Waals surface area contributed by atoms with Crippen molar-refractivity contribution < 1.29 is 28.7 Å². The normalized spacial score (nSPS) is 13.3. The highest BCUT2D eigenvalue weighted by atomic mass is 16.5. The number of carbonyl (C=O) groups excluding carboxylic acids is 4. The number of hydrogen-bond donors (Lipinski definition) is 0. The molecule has 0 N–H and O–H groups in total. The van der Waals surface area contributed by atoms with Gasteiger partial charge in [-0.05, 0) is 258 Å². The Labute approximate surface area is 749 Å². The van der Waals surface area contributed by atoms with Gasteiger partial charge in [0.15, 0.2) is 23.0 Å². The lowest BCUT2D eigenvalue weighted by molar-refractivity contribution is 0.0910. The van der Waals surface area contributed by atoms with E-state index in [9.17, 15) is 19.2 Å². The fourth-order valence-electron chi connectivity index (χ4n) is 17.8. The van der Waals surface area contributed by atoms with Crippen LogP contribution in [-0.2, 0) is 21.7 Å². The van der Waals surface area contributed by atoms with Gasteiger partial charge in [-0.15, -0.1) is 0 Å². The number of anilines is 14. The van der Waals surface area contributed by atoms with Crippen LogP contribution in [-0.4, -0.2) is 23.6 Å². The van der Waals surface area contributed by atoms with Gasteiger partial charge in [0.05, 0.1) is 56.4 Å². The lowest BCUT2D eigenvalue weighted by Crippen LogP contribution is -2.29. The first-order valence-electron chi connectivity index (χ1n) is 43.7. The monoisotopic (exact) mass is 1670 g/mol. The highest BCUT2D eigenvalue weighted by Gasteiger charge is 2.44. The van der Waals surface area contributed by atoms with Crippen LogP contribution in [0.4, 0.5) is 79.6 Å². The summed E-state index contributed by atoms with van der Waals surface area (Å²) >= 11 is 0. The standard InChI is InChI=1S/C66H67N3O2.C50H31N3O4/c1-63(2,3)46-22-34-53(35-23-46)67(54-36-24-47(25-37-54)64(4,5)6)51-30-18-44(19-31-51)57-42-43-58(60-59(57)61(70)69(62(60)71)50-16-14-13-15-17-50)45-20-32-52(33-21-45)68(55-38-26-48(27-39-55)65(7,8)9)56-40-28-49(29-41-56)66(10,11)12;54-49-47-37(32-22-26-35(27-23-32)51-39-14-4-8-18-43(39)56-44-19-9-5-15-40(44)51)30-31-38(48(47)50(55)53(49)34-12-2-1-3-13-34)33-24-28-36(29-25-33)52-41-16-6-10-20-45(41)57-46-21-11-7-17-42(46)52/h13-43H,1-12H3;1-31H. The Morgan fingerprint density at radius 1 is 0.195 bits per heavy atom. The van der Waals surface area contributed by atoms with Crippen LogP contribution in [0.1, 0.15) is 147 Å². The number of imide groups is 2. The molecule has 12 heteroatoms. The van der Waals surface area contributed by atoms with Crippen LogP contribution in [0.5, 0.6) is 23.0 Å². The molecule has 0 saturated heterocycles. The molecule has 628 valence electrons. The van der Waals surface area contributed by atoms with Gasteiger partial charge in [0, 0.05) is 45.5 Å². The first-order chi connectivity index (χ1) is 61.7. The molecule has 0 radical (unpaired) electrons. The number of para-hydroxylation sites is 10. The molecule has 12 nitrogen and oxygen atoms in total. The van der Waals surface area contributed by atoms with E-state index in [1.807, 2.05) is 218 Å². The summed E-state index contributed by atoms with van der Waals surface area (Å²) in [6, 6.07) is 126. The molecule has 0 aromatic heterocycles. The Kier molecular flexibility index (Phi) is 20.9. The molecule has 20 rings (SSSR count). The molecule has 0 atom stereocenters. The Morgan fingerprint density at radius 3 is 0.602 bits per heavy atom. The van der Waals surface area contributed by atoms with Crippen molar-refractivity contribution in [2.45, 2.75) is 105 Å². The van der Waals surface area contributed by atoms with E-state index in [1.54, 1.807) is 12.1 Å². The molecule has 16 aromatic rings. The number of nitrogens with zero attached hydrogens (tertiary/aromatic N) is 6. The smallest absolute Gasteiger partial charge is 0.266 e. The highest BCUT2D eigenvalue weighted by molar-refractivity contribution is 6.39. The van der Waals surface area contributed by atoms with Crippen molar-refractivity contribution in [1.82, 2.24) is 0 Å². The van der Waals surface area contributed by atoms with Crippen LogP contribution in [0, 0.1) is 0 Å². The predicted molar refractivity (Wildman–Crippen MR) is 523 cm³/mol. The van der Waals surface area contributed by atoms with E-state index >= 15 is 0 Å². The molecule has 128 heavy (non-hydrogen) atoms. The number of fused-ring (bicyclic) bond motifs is 6. The van der Waals surface area contributed by atoms with Crippen molar-refractivity contribution in [2.24, 2.45) is 0 Å². The maximum absolute atomic E-state index is 14.8. The third kappa shape index (κ3) is 15.3. The summed E-state index contributed by atoms with van der Waals surface area (Å²) in [6.07, 6.45) is 0. The third-order valence-electron chi connectivity index (χ3n) is 24.7. The van der Waals surface area contributed by atoms with Gasteiger partial charge in [-0.25, -0.2) is 9.80 Å². The number of amides is 4. The summed E-state index contributed by atoms with van der Waals surface area (Å²) in [5.41, 5.74) is 25.7. The van der Waals surface area contributed by atoms with E-state index < -0.39 is 0 Å². The SMILES string of the molecule is CC(C)(C)c1ccc(N(c2ccc(-c3ccc(-c4ccc(N(c5ccc(C(C)(C)C)cc5)c5ccc(C(C)(C)C)cc5)cc4)c4c3C(=O)N(c3ccccc3)C4=O)cc2)c2ccc(C(C)(C)C)cc2)cc1.O=C1c2c(-c3ccc(N4c5ccccc5Oc5ccccc54)cc3)ccc(-c3ccc(N4c5ccccc5Oc5ccccc54)cc3)c2C(=O)N1c1ccccc1. The van der Waals surface area contributed by atoms with Crippen LogP contribution in [0.25, 0.3) is 44.5 Å². The molecule has 0 saturated carbocycles. The van der Waals surface area contributed by atoms with Crippen molar-refractivity contribution in [3.05, 3.63) is 421 Å². The van der Waals surface area contributed by atoms with Crippen LogP contribution in [0.3, 0.4) is 0 Å². The van der Waals surface area contributed by atoms with Crippen molar-refractivity contribution in [3.8, 4) is 67.5 Å². The number of hydrogen-bond acceptors (Lipinski definition) is 10. The zero-order chi connectivity index (χ0) is 88.7. The fraction of sp³-hybridized carbons (Fsp3) is 0.138. The van der Waals surface area contributed by atoms with Gasteiger partial charge in [0.1, 0.15) is 0 Å². The number of benzene rings is 16. The molecule has 16 aromatic carbocycles. The molecule has 4 amide bonds. The van der Waals surface area contributed by atoms with Crippen LogP contribution in [0.15, 0.2) is 376 Å². The maximum Gasteiger partial charge on any atom is 0.266 e. The van der Waals surface area contributed by atoms with Crippen molar-refractivity contribution in [2.75, 3.05) is 29.4 Å². The minimum atomic E-state index is -0.351. The fourth-order valence-corrected chi connectivity index (χ4v) is 17.8. The molecule has 0 spiro atoms. The zero-order valence-electron chi connectivity index (χ0n) is 73.9. The molecule has 0 aliphatic carbocycles. The molecule has 0 bridgehead atoms. The molecule has 4 heterocycles. The lowest BCUT2D eigenvalue weighted by Gasteiger charge is -2.32. The van der Waals surface area contributed by atoms with Crippen molar-refractivity contribution in [3.63, 3.8) is 0 Å². The summed E-state index contributed by atoms with van der Waals surface area (Å²) in [4.78, 5) is 70.3. The number of carbonyl (C=O) groups is 4. The van der Waals surface area contributed by atoms with E-state index in [-0.39, 0.29) is 45.3 Å². The Morgan fingerprint density at radius 2 is 0.383 bits per heavy atom. The molecule has 0 fully saturated rings. The second-order valence-corrected chi connectivity index (χ2v) is 37.2. The molecular formula is C116H98N6O6. The largest absolute Gasteiger partial charge is 0.453 e. The zero-order valence-corrected chi connectivity index (χ0v) is 73.9. The lowest BCUT2D eigenvalue weighted by atomic mass is 9.86. The average molecular weight is 1670 g/mol. The van der Waals surface area contributed by atoms with Crippen LogP contribution in [0.2, 0.25) is 0 Å². The minimum Gasteiger partial charge on any atom is -0.453 e. The second-order valence-electron chi connectivity index (χ2n) is 37.2. The molecule has 4 aliphatic rings. The van der Waals surface area contributed by atoms with E-state index in [0.717, 1.165) is 114 Å². The Hall–Kier alpha value is -15.4. The number of rotatable bonds is 14. The second kappa shape index (κ2) is 32.6. The number of ether oxygens (including phenoxy) is 2. The predicted octanol–water partition coefficient (Wildman–Crippen LogP) is 30.9. The first kappa shape index (κ1) is 82.2. The quantitative estimate of drug-likeness (QED) is 0.0977. The summed E-state index contributed by atoms with van der Waals surface area (Å²) in [5.74, 6) is 1.71. The van der Waals surface area contributed by atoms with Gasteiger partial charge in [-0.3, -0.25) is 19.2 Å². The van der Waals surface area contributed by atoms with E-state index in [0.29, 0.717) is 55.9 Å². The molecule has 4 aliphatic heterocycles. The van der Waals surface area contributed by atoms with Gasteiger partial charge >= 0.3 is 0 Å². The van der Waals surface area contributed by atoms with Gasteiger partial charge in [0.2, 0.25) is 0 Å². The Balaban J connectivity index is 0.000000170. The molecule has 0 unspecified atom stereocenters. The third-order valence-corrected chi connectivity index (χ3v) is 24.7. The van der Waals surface area contributed by atoms with E-state index in [2.05, 4.69) is 248 Å². The van der Waals surface area contributed by atoms with Crippen molar-refractivity contribution in [1.29, 1.82) is 0 Å². The van der Waals surface area contributed by atoms with Crippen LogP contribution < -0.4 is 38.9 Å². The van der Waals surface area contributed by atoms with Gasteiger partial charge in [0.25, 0.3) is 23.6 Å².